The second-order valence-electron chi connectivity index (χ2n) is 6.82. The molecule has 0 aliphatic carbocycles. The Hall–Kier alpha value is -1.35. The molecule has 1 saturated heterocycles. The normalized spacial score (nSPS) is 17.8. The van der Waals surface area contributed by atoms with Gasteiger partial charge in [0.1, 0.15) is 0 Å². The third-order valence-corrected chi connectivity index (χ3v) is 4.63. The van der Waals surface area contributed by atoms with Crippen molar-refractivity contribution in [3.8, 4) is 0 Å². The highest BCUT2D eigenvalue weighted by Gasteiger charge is 2.25. The summed E-state index contributed by atoms with van der Waals surface area (Å²) in [5.41, 5.74) is 2.49. The van der Waals surface area contributed by atoms with E-state index in [0.717, 1.165) is 44.7 Å². The molecule has 122 valence electrons. The fraction of sp³-hybridized carbons (Fsp3) is 0.632. The van der Waals surface area contributed by atoms with Crippen LogP contribution in [0.2, 0.25) is 0 Å². The van der Waals surface area contributed by atoms with Gasteiger partial charge in [-0.3, -0.25) is 4.79 Å². The quantitative estimate of drug-likeness (QED) is 0.834. The predicted molar refractivity (Wildman–Crippen MR) is 92.1 cm³/mol. The van der Waals surface area contributed by atoms with E-state index in [9.17, 15) is 4.79 Å². The van der Waals surface area contributed by atoms with E-state index in [0.29, 0.717) is 5.92 Å². The first kappa shape index (κ1) is 17.0. The van der Waals surface area contributed by atoms with E-state index < -0.39 is 0 Å². The Morgan fingerprint density at radius 1 is 1.05 bits per heavy atom. The van der Waals surface area contributed by atoms with E-state index in [1.807, 2.05) is 11.8 Å². The lowest BCUT2D eigenvalue weighted by Gasteiger charge is -2.35. The van der Waals surface area contributed by atoms with E-state index in [2.05, 4.69) is 49.9 Å². The van der Waals surface area contributed by atoms with Gasteiger partial charge in [-0.15, -0.1) is 0 Å². The van der Waals surface area contributed by atoms with Crippen molar-refractivity contribution in [2.24, 2.45) is 5.92 Å². The number of hydrogen-bond donors (Lipinski definition) is 0. The summed E-state index contributed by atoms with van der Waals surface area (Å²) in [4.78, 5) is 17.1. The summed E-state index contributed by atoms with van der Waals surface area (Å²) in [6.07, 6.45) is 1.10. The molecule has 0 spiro atoms. The van der Waals surface area contributed by atoms with Crippen molar-refractivity contribution in [2.45, 2.75) is 40.0 Å². The van der Waals surface area contributed by atoms with Crippen molar-refractivity contribution < 1.29 is 4.79 Å². The lowest BCUT2D eigenvalue weighted by atomic mass is 9.95. The van der Waals surface area contributed by atoms with Crippen LogP contribution in [-0.2, 0) is 11.2 Å². The molecule has 22 heavy (non-hydrogen) atoms. The molecule has 1 aliphatic rings. The highest BCUT2D eigenvalue weighted by Crippen LogP contribution is 2.20. The molecule has 1 aliphatic heterocycles. The van der Waals surface area contributed by atoms with Crippen LogP contribution in [0.15, 0.2) is 24.3 Å². The number of piperazine rings is 1. The Labute approximate surface area is 135 Å². The van der Waals surface area contributed by atoms with E-state index >= 15 is 0 Å². The molecule has 1 aromatic rings. The number of likely N-dealkylation sites (N-methyl/N-ethyl adjacent to an activating group) is 1. The zero-order valence-corrected chi connectivity index (χ0v) is 14.5. The molecule has 2 rings (SSSR count). The van der Waals surface area contributed by atoms with E-state index in [1.54, 1.807) is 0 Å². The van der Waals surface area contributed by atoms with Crippen molar-refractivity contribution >= 4 is 5.91 Å². The minimum absolute atomic E-state index is 0.0405. The lowest BCUT2D eigenvalue weighted by Crippen LogP contribution is -2.49. The van der Waals surface area contributed by atoms with Crippen molar-refractivity contribution in [3.05, 3.63) is 35.4 Å². The van der Waals surface area contributed by atoms with Gasteiger partial charge >= 0.3 is 0 Å². The third-order valence-electron chi connectivity index (χ3n) is 4.63. The van der Waals surface area contributed by atoms with Crippen molar-refractivity contribution in [1.82, 2.24) is 9.80 Å². The Kier molecular flexibility index (Phi) is 6.01. The van der Waals surface area contributed by atoms with Gasteiger partial charge in [-0.1, -0.05) is 45.0 Å². The Balaban J connectivity index is 1.95. The number of rotatable bonds is 5. The predicted octanol–water partition coefficient (Wildman–Crippen LogP) is 3.15. The van der Waals surface area contributed by atoms with Gasteiger partial charge in [-0.2, -0.15) is 0 Å². The topological polar surface area (TPSA) is 23.6 Å². The summed E-state index contributed by atoms with van der Waals surface area (Å²) in [6.45, 7) is 13.5. The minimum atomic E-state index is -0.0405. The average molecular weight is 302 g/mol. The first-order valence-corrected chi connectivity index (χ1v) is 8.61. The number of carbonyl (C=O) groups is 1. The fourth-order valence-corrected chi connectivity index (χ4v) is 3.11. The maximum atomic E-state index is 12.7. The second-order valence-corrected chi connectivity index (χ2v) is 6.82. The zero-order chi connectivity index (χ0) is 16.1. The molecule has 1 aromatic carbocycles. The molecule has 0 saturated carbocycles. The fourth-order valence-electron chi connectivity index (χ4n) is 3.11. The van der Waals surface area contributed by atoms with Crippen molar-refractivity contribution in [2.75, 3.05) is 32.7 Å². The summed E-state index contributed by atoms with van der Waals surface area (Å²) in [6, 6.07) is 8.60. The first-order valence-electron chi connectivity index (χ1n) is 8.61. The van der Waals surface area contributed by atoms with Crippen LogP contribution in [0.3, 0.4) is 0 Å². The molecule has 1 heterocycles. The van der Waals surface area contributed by atoms with Gasteiger partial charge in [0.15, 0.2) is 0 Å². The monoisotopic (exact) mass is 302 g/mol. The number of amides is 1. The van der Waals surface area contributed by atoms with Crippen molar-refractivity contribution in [1.29, 1.82) is 0 Å². The van der Waals surface area contributed by atoms with Crippen LogP contribution in [0.4, 0.5) is 0 Å². The van der Waals surface area contributed by atoms with Gasteiger partial charge in [0.05, 0.1) is 5.92 Å². The third kappa shape index (κ3) is 4.33. The molecule has 3 heteroatoms. The summed E-state index contributed by atoms with van der Waals surface area (Å²) in [7, 11) is 0. The molecule has 0 N–H and O–H groups in total. The van der Waals surface area contributed by atoms with E-state index in [1.165, 1.54) is 5.56 Å². The van der Waals surface area contributed by atoms with Gasteiger partial charge < -0.3 is 9.80 Å². The number of nitrogens with zero attached hydrogens (tertiary/aromatic N) is 2. The molecular formula is C19H30N2O. The minimum Gasteiger partial charge on any atom is -0.340 e. The number of carbonyl (C=O) groups excluding carboxylic acids is 1. The molecule has 3 nitrogen and oxygen atoms in total. The Morgan fingerprint density at radius 2 is 1.64 bits per heavy atom. The SMILES string of the molecule is CCN1CCN(C(=O)C(C)c2ccc(CC(C)C)cc2)CC1. The largest absolute Gasteiger partial charge is 0.340 e. The highest BCUT2D eigenvalue weighted by molar-refractivity contribution is 5.83. The lowest BCUT2D eigenvalue weighted by molar-refractivity contribution is -0.134. The molecular weight excluding hydrogens is 272 g/mol. The Bertz CT molecular complexity index is 473. The molecule has 0 aromatic heterocycles. The van der Waals surface area contributed by atoms with E-state index in [-0.39, 0.29) is 11.8 Å². The van der Waals surface area contributed by atoms with Crippen LogP contribution in [0, 0.1) is 5.92 Å². The number of benzene rings is 1. The van der Waals surface area contributed by atoms with Gasteiger partial charge in [-0.25, -0.2) is 0 Å². The number of hydrogen-bond acceptors (Lipinski definition) is 2. The molecule has 1 amide bonds. The highest BCUT2D eigenvalue weighted by atomic mass is 16.2. The standard InChI is InChI=1S/C19H30N2O/c1-5-20-10-12-21(13-11-20)19(22)16(4)18-8-6-17(7-9-18)14-15(2)3/h6-9,15-16H,5,10-14H2,1-4H3. The first-order chi connectivity index (χ1) is 10.5. The maximum absolute atomic E-state index is 12.7. The van der Waals surface area contributed by atoms with Gasteiger partial charge in [0, 0.05) is 26.2 Å². The van der Waals surface area contributed by atoms with Gasteiger partial charge in [0.25, 0.3) is 0 Å². The van der Waals surface area contributed by atoms with Crippen LogP contribution in [0.25, 0.3) is 0 Å². The molecule has 0 radical (unpaired) electrons. The molecule has 1 unspecified atom stereocenters. The molecule has 0 bridgehead atoms. The summed E-state index contributed by atoms with van der Waals surface area (Å²) in [5, 5.41) is 0. The van der Waals surface area contributed by atoms with Crippen molar-refractivity contribution in [3.63, 3.8) is 0 Å². The molecule has 1 fully saturated rings. The van der Waals surface area contributed by atoms with E-state index in [4.69, 9.17) is 0 Å². The zero-order valence-electron chi connectivity index (χ0n) is 14.5. The molecule has 1 atom stereocenters. The Morgan fingerprint density at radius 3 is 2.14 bits per heavy atom. The van der Waals surface area contributed by atoms with Gasteiger partial charge in [0.2, 0.25) is 5.91 Å². The van der Waals surface area contributed by atoms with Crippen LogP contribution in [-0.4, -0.2) is 48.4 Å². The summed E-state index contributed by atoms with van der Waals surface area (Å²) in [5.74, 6) is 0.897. The van der Waals surface area contributed by atoms with Crippen LogP contribution in [0.5, 0.6) is 0 Å². The van der Waals surface area contributed by atoms with Gasteiger partial charge in [-0.05, 0) is 36.9 Å². The average Bonchev–Trinajstić information content (AvgIpc) is 2.54. The van der Waals surface area contributed by atoms with Crippen LogP contribution in [0.1, 0.15) is 44.7 Å². The van der Waals surface area contributed by atoms with Crippen LogP contribution < -0.4 is 0 Å². The summed E-state index contributed by atoms with van der Waals surface area (Å²) < 4.78 is 0. The second kappa shape index (κ2) is 7.77. The maximum Gasteiger partial charge on any atom is 0.229 e. The smallest absolute Gasteiger partial charge is 0.229 e. The summed E-state index contributed by atoms with van der Waals surface area (Å²) >= 11 is 0. The van der Waals surface area contributed by atoms with Crippen LogP contribution >= 0.6 is 0 Å².